The Morgan fingerprint density at radius 2 is 1.69 bits per heavy atom. The molecule has 0 aliphatic carbocycles. The minimum absolute atomic E-state index is 0.149. The molecule has 7 heteroatoms. The van der Waals surface area contributed by atoms with Gasteiger partial charge >= 0.3 is 11.9 Å². The van der Waals surface area contributed by atoms with Gasteiger partial charge in [-0.25, -0.2) is 4.79 Å². The highest BCUT2D eigenvalue weighted by molar-refractivity contribution is 6.02. The van der Waals surface area contributed by atoms with E-state index in [1.54, 1.807) is 20.8 Å². The number of aryl methyl sites for hydroxylation is 2. The number of hydrogen-bond acceptors (Lipinski definition) is 6. The third-order valence-electron chi connectivity index (χ3n) is 4.38. The van der Waals surface area contributed by atoms with Crippen molar-refractivity contribution in [3.63, 3.8) is 0 Å². The highest BCUT2D eigenvalue weighted by Gasteiger charge is 2.23. The normalized spacial score (nSPS) is 10.5. The van der Waals surface area contributed by atoms with Gasteiger partial charge in [0.05, 0.1) is 24.5 Å². The van der Waals surface area contributed by atoms with E-state index in [0.717, 1.165) is 11.3 Å². The van der Waals surface area contributed by atoms with Crippen molar-refractivity contribution >= 4 is 17.7 Å². The van der Waals surface area contributed by atoms with Gasteiger partial charge in [0.25, 0.3) is 0 Å². The van der Waals surface area contributed by atoms with E-state index in [1.165, 1.54) is 0 Å². The molecule has 1 heterocycles. The van der Waals surface area contributed by atoms with Crippen LogP contribution in [0.25, 0.3) is 0 Å². The van der Waals surface area contributed by atoms with E-state index in [0.29, 0.717) is 29.8 Å². The van der Waals surface area contributed by atoms with Crippen molar-refractivity contribution in [1.82, 2.24) is 4.98 Å². The summed E-state index contributed by atoms with van der Waals surface area (Å²) < 4.78 is 15.6. The maximum absolute atomic E-state index is 12.4. The molecule has 156 valence electrons. The molecule has 1 aromatic heterocycles. The number of H-pyrrole nitrogens is 1. The first-order valence-corrected chi connectivity index (χ1v) is 9.58. The predicted molar refractivity (Wildman–Crippen MR) is 107 cm³/mol. The lowest BCUT2D eigenvalue weighted by Gasteiger charge is -2.07. The minimum atomic E-state index is -0.483. The van der Waals surface area contributed by atoms with Crippen LogP contribution in [0.4, 0.5) is 0 Å². The van der Waals surface area contributed by atoms with Crippen LogP contribution in [0.15, 0.2) is 24.3 Å². The van der Waals surface area contributed by atoms with E-state index >= 15 is 0 Å². The van der Waals surface area contributed by atoms with Gasteiger partial charge < -0.3 is 19.2 Å². The van der Waals surface area contributed by atoms with Gasteiger partial charge in [-0.1, -0.05) is 17.7 Å². The Morgan fingerprint density at radius 3 is 2.34 bits per heavy atom. The molecule has 0 bridgehead atoms. The molecule has 0 aliphatic heterocycles. The van der Waals surface area contributed by atoms with Crippen LogP contribution in [0.1, 0.15) is 57.4 Å². The molecule has 29 heavy (non-hydrogen) atoms. The van der Waals surface area contributed by atoms with E-state index in [1.807, 2.05) is 31.2 Å². The van der Waals surface area contributed by atoms with Crippen molar-refractivity contribution in [2.75, 3.05) is 19.8 Å². The maximum atomic E-state index is 12.4. The van der Waals surface area contributed by atoms with Gasteiger partial charge in [0.15, 0.2) is 6.61 Å². The smallest absolute Gasteiger partial charge is 0.340 e. The Balaban J connectivity index is 1.78. The zero-order valence-corrected chi connectivity index (χ0v) is 17.3. The summed E-state index contributed by atoms with van der Waals surface area (Å²) in [6.07, 6.45) is 0.629. The third-order valence-corrected chi connectivity index (χ3v) is 4.38. The van der Waals surface area contributed by atoms with Crippen LogP contribution in [0.3, 0.4) is 0 Å². The average molecular weight is 401 g/mol. The topological polar surface area (TPSA) is 94.7 Å². The van der Waals surface area contributed by atoms with Crippen LogP contribution in [-0.4, -0.2) is 42.5 Å². The molecule has 0 spiro atoms. The quantitative estimate of drug-likeness (QED) is 0.371. The number of ether oxygens (including phenoxy) is 3. The molecule has 1 aromatic carbocycles. The molecule has 0 radical (unpaired) electrons. The first-order valence-electron chi connectivity index (χ1n) is 9.58. The van der Waals surface area contributed by atoms with Gasteiger partial charge in [0, 0.05) is 12.1 Å². The molecule has 7 nitrogen and oxygen atoms in total. The number of nitrogens with one attached hydrogen (secondary N) is 1. The van der Waals surface area contributed by atoms with E-state index in [4.69, 9.17) is 14.2 Å². The number of ketones is 1. The van der Waals surface area contributed by atoms with Crippen LogP contribution in [0, 0.1) is 20.8 Å². The van der Waals surface area contributed by atoms with Crippen molar-refractivity contribution in [2.45, 2.75) is 40.5 Å². The molecule has 1 N–H and O–H groups in total. The second kappa shape index (κ2) is 10.5. The number of esters is 2. The Hall–Kier alpha value is -3.09. The molecule has 0 unspecified atom stereocenters. The van der Waals surface area contributed by atoms with Crippen molar-refractivity contribution in [3.8, 4) is 5.75 Å². The molecule has 0 saturated heterocycles. The summed E-state index contributed by atoms with van der Waals surface area (Å²) >= 11 is 0. The highest BCUT2D eigenvalue weighted by atomic mass is 16.5. The lowest BCUT2D eigenvalue weighted by atomic mass is 10.1. The zero-order chi connectivity index (χ0) is 21.4. The standard InChI is InChI=1S/C22H27NO6/c1-5-27-22(26)20-15(3)21(23-16(20)4)18(24)13-29-19(25)7-6-12-28-17-10-8-14(2)9-11-17/h8-11,23H,5-7,12-13H2,1-4H3. The minimum Gasteiger partial charge on any atom is -0.494 e. The number of Topliss-reactive ketones (excluding diaryl/α,β-unsaturated/α-hetero) is 1. The number of hydrogen-bond donors (Lipinski definition) is 1. The van der Waals surface area contributed by atoms with Gasteiger partial charge in [-0.05, 0) is 51.8 Å². The second-order valence-electron chi connectivity index (χ2n) is 6.69. The number of carbonyl (C=O) groups is 3. The molecule has 0 amide bonds. The lowest BCUT2D eigenvalue weighted by Crippen LogP contribution is -2.16. The Labute approximate surface area is 170 Å². The number of carbonyl (C=O) groups excluding carboxylic acids is 3. The van der Waals surface area contributed by atoms with Crippen molar-refractivity contribution in [2.24, 2.45) is 0 Å². The monoisotopic (exact) mass is 401 g/mol. The predicted octanol–water partition coefficient (Wildman–Crippen LogP) is 3.70. The largest absolute Gasteiger partial charge is 0.494 e. The second-order valence-corrected chi connectivity index (χ2v) is 6.69. The molecule has 0 aliphatic rings. The Kier molecular flexibility index (Phi) is 8.00. The first kappa shape index (κ1) is 22.2. The summed E-state index contributed by atoms with van der Waals surface area (Å²) in [7, 11) is 0. The SMILES string of the molecule is CCOC(=O)c1c(C)[nH]c(C(=O)COC(=O)CCCOc2ccc(C)cc2)c1C. The van der Waals surface area contributed by atoms with E-state index in [9.17, 15) is 14.4 Å². The summed E-state index contributed by atoms with van der Waals surface area (Å²) in [6.45, 7) is 7.30. The molecule has 0 saturated carbocycles. The van der Waals surface area contributed by atoms with Crippen LogP contribution in [-0.2, 0) is 14.3 Å². The van der Waals surface area contributed by atoms with Crippen molar-refractivity contribution in [1.29, 1.82) is 0 Å². The summed E-state index contributed by atoms with van der Waals surface area (Å²) in [6, 6.07) is 7.65. The van der Waals surface area contributed by atoms with Gasteiger partial charge in [0.1, 0.15) is 5.75 Å². The van der Waals surface area contributed by atoms with Crippen LogP contribution >= 0.6 is 0 Å². The van der Waals surface area contributed by atoms with Crippen molar-refractivity contribution in [3.05, 3.63) is 52.3 Å². The molecule has 0 atom stereocenters. The van der Waals surface area contributed by atoms with Crippen LogP contribution in [0.2, 0.25) is 0 Å². The lowest BCUT2D eigenvalue weighted by molar-refractivity contribution is -0.142. The Morgan fingerprint density at radius 1 is 1.00 bits per heavy atom. The van der Waals surface area contributed by atoms with Crippen molar-refractivity contribution < 1.29 is 28.6 Å². The summed E-state index contributed by atoms with van der Waals surface area (Å²) in [4.78, 5) is 39.1. The van der Waals surface area contributed by atoms with Gasteiger partial charge in [-0.15, -0.1) is 0 Å². The van der Waals surface area contributed by atoms with Gasteiger partial charge in [-0.2, -0.15) is 0 Å². The third kappa shape index (κ3) is 6.20. The maximum Gasteiger partial charge on any atom is 0.340 e. The molecular weight excluding hydrogens is 374 g/mol. The number of benzene rings is 1. The zero-order valence-electron chi connectivity index (χ0n) is 17.3. The van der Waals surface area contributed by atoms with Crippen LogP contribution < -0.4 is 4.74 Å². The van der Waals surface area contributed by atoms with E-state index in [2.05, 4.69) is 4.98 Å². The number of aromatic nitrogens is 1. The molecule has 0 fully saturated rings. The van der Waals surface area contributed by atoms with Gasteiger partial charge in [0.2, 0.25) is 5.78 Å². The summed E-state index contributed by atoms with van der Waals surface area (Å²) in [5, 5.41) is 0. The number of rotatable bonds is 10. The van der Waals surface area contributed by atoms with Gasteiger partial charge in [-0.3, -0.25) is 9.59 Å². The van der Waals surface area contributed by atoms with E-state index < -0.39 is 17.7 Å². The highest BCUT2D eigenvalue weighted by Crippen LogP contribution is 2.19. The molecule has 2 aromatic rings. The molecular formula is C22H27NO6. The average Bonchev–Trinajstić information content (AvgIpc) is 2.99. The molecule has 2 rings (SSSR count). The fraction of sp³-hybridized carbons (Fsp3) is 0.409. The fourth-order valence-corrected chi connectivity index (χ4v) is 2.87. The Bertz CT molecular complexity index is 866. The number of aromatic amines is 1. The summed E-state index contributed by atoms with van der Waals surface area (Å²) in [5.74, 6) is -0.611. The van der Waals surface area contributed by atoms with E-state index in [-0.39, 0.29) is 25.3 Å². The first-order chi connectivity index (χ1) is 13.8. The fourth-order valence-electron chi connectivity index (χ4n) is 2.87. The van der Waals surface area contributed by atoms with Crippen LogP contribution in [0.5, 0.6) is 5.75 Å². The summed E-state index contributed by atoms with van der Waals surface area (Å²) in [5.41, 5.74) is 2.78.